The van der Waals surface area contributed by atoms with Crippen LogP contribution in [0.1, 0.15) is 79.5 Å². The number of carbonyl (C=O) groups is 1. The number of aromatic nitrogens is 4. The van der Waals surface area contributed by atoms with Crippen LogP contribution >= 0.6 is 23.2 Å². The van der Waals surface area contributed by atoms with E-state index in [1.165, 1.54) is 4.57 Å². The molecule has 0 saturated carbocycles. The quantitative estimate of drug-likeness (QED) is 0.305. The number of pyridine rings is 2. The maximum Gasteiger partial charge on any atom is 0.410 e. The molecule has 0 spiro atoms. The molecule has 11 heteroatoms. The molecule has 9 nitrogen and oxygen atoms in total. The van der Waals surface area contributed by atoms with Crippen molar-refractivity contribution in [3.8, 4) is 5.69 Å². The Bertz CT molecular complexity index is 1540. The van der Waals surface area contributed by atoms with Gasteiger partial charge in [0.15, 0.2) is 5.65 Å². The molecule has 4 rings (SSSR count). The summed E-state index contributed by atoms with van der Waals surface area (Å²) in [6.07, 6.45) is 1.38. The molecular formula is C30H40Cl2N6O3. The Balaban J connectivity index is 1.93. The van der Waals surface area contributed by atoms with Gasteiger partial charge in [0.2, 0.25) is 0 Å². The molecule has 0 N–H and O–H groups in total. The van der Waals surface area contributed by atoms with E-state index in [-0.39, 0.29) is 39.7 Å². The van der Waals surface area contributed by atoms with Gasteiger partial charge < -0.3 is 14.5 Å². The van der Waals surface area contributed by atoms with E-state index in [2.05, 4.69) is 40.6 Å². The van der Waals surface area contributed by atoms with Gasteiger partial charge in [-0.15, -0.1) is 0 Å². The van der Waals surface area contributed by atoms with Crippen molar-refractivity contribution >= 4 is 46.1 Å². The Morgan fingerprint density at radius 3 is 2.34 bits per heavy atom. The molecule has 0 unspecified atom stereocenters. The van der Waals surface area contributed by atoms with E-state index in [9.17, 15) is 9.59 Å². The molecule has 41 heavy (non-hydrogen) atoms. The molecule has 0 aliphatic carbocycles. The van der Waals surface area contributed by atoms with Crippen LogP contribution in [-0.4, -0.2) is 61.3 Å². The molecule has 1 aliphatic rings. The monoisotopic (exact) mass is 602 g/mol. The highest BCUT2D eigenvalue weighted by molar-refractivity contribution is 6.41. The summed E-state index contributed by atoms with van der Waals surface area (Å²) >= 11 is 12.9. The molecule has 4 heterocycles. The van der Waals surface area contributed by atoms with Crippen molar-refractivity contribution < 1.29 is 9.53 Å². The lowest BCUT2D eigenvalue weighted by atomic mass is 9.80. The lowest BCUT2D eigenvalue weighted by Gasteiger charge is -2.51. The van der Waals surface area contributed by atoms with Crippen molar-refractivity contribution in [2.45, 2.75) is 92.8 Å². The van der Waals surface area contributed by atoms with Crippen LogP contribution in [0.3, 0.4) is 0 Å². The number of piperazine rings is 1. The summed E-state index contributed by atoms with van der Waals surface area (Å²) in [6, 6.07) is 3.11. The van der Waals surface area contributed by atoms with Gasteiger partial charge in [-0.25, -0.2) is 19.1 Å². The molecule has 1 fully saturated rings. The summed E-state index contributed by atoms with van der Waals surface area (Å²) in [6.45, 7) is 20.7. The molecule has 0 bridgehead atoms. The smallest absolute Gasteiger partial charge is 0.410 e. The number of hydrogen-bond acceptors (Lipinski definition) is 7. The van der Waals surface area contributed by atoms with Crippen LogP contribution < -0.4 is 10.6 Å². The second-order valence-corrected chi connectivity index (χ2v) is 13.9. The van der Waals surface area contributed by atoms with Crippen LogP contribution in [0.15, 0.2) is 23.1 Å². The lowest BCUT2D eigenvalue weighted by molar-refractivity contribution is -0.00820. The third-order valence-electron chi connectivity index (χ3n) is 7.34. The number of carbonyl (C=O) groups excluding carboxylic acids is 1. The number of hydrogen-bond donors (Lipinski definition) is 0. The van der Waals surface area contributed by atoms with Gasteiger partial charge in [-0.05, 0) is 63.6 Å². The Labute approximate surface area is 251 Å². The number of nitrogens with zero attached hydrogens (tertiary/aromatic N) is 6. The summed E-state index contributed by atoms with van der Waals surface area (Å²) in [5.41, 5.74) is 1.18. The largest absolute Gasteiger partial charge is 0.444 e. The van der Waals surface area contributed by atoms with Gasteiger partial charge in [-0.2, -0.15) is 4.98 Å². The number of fused-ring (bicyclic) bond motifs is 1. The van der Waals surface area contributed by atoms with Gasteiger partial charge in [0.1, 0.15) is 16.6 Å². The van der Waals surface area contributed by atoms with Crippen molar-refractivity contribution in [3.63, 3.8) is 0 Å². The topological polar surface area (TPSA) is 93.5 Å². The average molecular weight is 604 g/mol. The van der Waals surface area contributed by atoms with E-state index in [4.69, 9.17) is 27.9 Å². The van der Waals surface area contributed by atoms with Crippen LogP contribution in [-0.2, 0) is 4.74 Å². The third kappa shape index (κ3) is 6.02. The fourth-order valence-corrected chi connectivity index (χ4v) is 6.08. The predicted molar refractivity (Wildman–Crippen MR) is 165 cm³/mol. The fourth-order valence-electron chi connectivity index (χ4n) is 5.79. The minimum absolute atomic E-state index is 0.0443. The molecule has 1 amide bonds. The summed E-state index contributed by atoms with van der Waals surface area (Å²) in [7, 11) is 0. The van der Waals surface area contributed by atoms with E-state index in [0.717, 1.165) is 11.3 Å². The van der Waals surface area contributed by atoms with Crippen molar-refractivity contribution in [3.05, 3.63) is 50.2 Å². The lowest BCUT2D eigenvalue weighted by Crippen LogP contribution is -2.65. The van der Waals surface area contributed by atoms with Crippen molar-refractivity contribution in [1.82, 2.24) is 24.4 Å². The molecule has 3 aromatic heterocycles. The van der Waals surface area contributed by atoms with Crippen LogP contribution in [0.4, 0.5) is 10.6 Å². The van der Waals surface area contributed by atoms with Crippen LogP contribution in [0.5, 0.6) is 0 Å². The molecule has 0 radical (unpaired) electrons. The molecule has 1 aliphatic heterocycles. The number of rotatable bonds is 3. The highest BCUT2D eigenvalue weighted by Crippen LogP contribution is 2.38. The molecular weight excluding hydrogens is 563 g/mol. The highest BCUT2D eigenvalue weighted by Gasteiger charge is 2.45. The average Bonchev–Trinajstić information content (AvgIpc) is 2.83. The molecule has 222 valence electrons. The zero-order valence-corrected chi connectivity index (χ0v) is 27.1. The number of aryl methyl sites for hydroxylation is 1. The third-order valence-corrected chi connectivity index (χ3v) is 8.01. The fraction of sp³-hybridized carbons (Fsp3) is 0.567. The molecule has 2 atom stereocenters. The minimum atomic E-state index is -0.622. The van der Waals surface area contributed by atoms with E-state index in [1.807, 2.05) is 54.5 Å². The normalized spacial score (nSPS) is 18.4. The van der Waals surface area contributed by atoms with Crippen LogP contribution in [0.2, 0.25) is 10.2 Å². The zero-order valence-electron chi connectivity index (χ0n) is 25.5. The number of halogens is 2. The van der Waals surface area contributed by atoms with Gasteiger partial charge in [-0.1, -0.05) is 57.8 Å². The Morgan fingerprint density at radius 2 is 1.76 bits per heavy atom. The van der Waals surface area contributed by atoms with Crippen molar-refractivity contribution in [1.29, 1.82) is 0 Å². The summed E-state index contributed by atoms with van der Waals surface area (Å²) in [5, 5.41) is 0.932. The first-order valence-corrected chi connectivity index (χ1v) is 14.7. The van der Waals surface area contributed by atoms with Gasteiger partial charge >= 0.3 is 11.8 Å². The highest BCUT2D eigenvalue weighted by atomic mass is 35.5. The first-order chi connectivity index (χ1) is 18.9. The van der Waals surface area contributed by atoms with Crippen LogP contribution in [0.25, 0.3) is 16.7 Å². The maximum atomic E-state index is 13.9. The first kappa shape index (κ1) is 31.0. The van der Waals surface area contributed by atoms with Crippen LogP contribution in [0, 0.1) is 12.3 Å². The van der Waals surface area contributed by atoms with E-state index in [0.29, 0.717) is 35.6 Å². The standard InChI is InChI=1S/C30H40Cl2N6O3/c1-16(2)21-22(17(3)11-12-33-21)38-26-19(15-20(31)24(32)34-26)25(35-27(38)39)36-13-14-37(28(40)41-30(8,9)10)23(18(36)4)29(5,6)7/h11-12,15-16,18,23H,13-14H2,1-10H3/t18-,23-/m0/s1. The summed E-state index contributed by atoms with van der Waals surface area (Å²) < 4.78 is 7.26. The number of anilines is 1. The second kappa shape index (κ2) is 11.1. The first-order valence-electron chi connectivity index (χ1n) is 13.9. The molecule has 3 aromatic rings. The molecule has 1 saturated heterocycles. The minimum Gasteiger partial charge on any atom is -0.444 e. The van der Waals surface area contributed by atoms with E-state index in [1.54, 1.807) is 17.2 Å². The second-order valence-electron chi connectivity index (χ2n) is 13.1. The summed E-state index contributed by atoms with van der Waals surface area (Å²) in [5.74, 6) is 0.494. The van der Waals surface area contributed by atoms with E-state index < -0.39 is 11.3 Å². The van der Waals surface area contributed by atoms with Gasteiger partial charge in [-0.3, -0.25) is 4.98 Å². The number of ether oxygens (including phenoxy) is 1. The van der Waals surface area contributed by atoms with Crippen molar-refractivity contribution in [2.75, 3.05) is 18.0 Å². The van der Waals surface area contributed by atoms with E-state index >= 15 is 0 Å². The molecule has 0 aromatic carbocycles. The van der Waals surface area contributed by atoms with Gasteiger partial charge in [0.05, 0.1) is 27.8 Å². The Morgan fingerprint density at radius 1 is 1.10 bits per heavy atom. The Hall–Kier alpha value is -2.91. The summed E-state index contributed by atoms with van der Waals surface area (Å²) in [4.78, 5) is 44.9. The maximum absolute atomic E-state index is 13.9. The van der Waals surface area contributed by atoms with Crippen molar-refractivity contribution in [2.24, 2.45) is 5.41 Å². The Kier molecular flexibility index (Phi) is 8.37. The predicted octanol–water partition coefficient (Wildman–Crippen LogP) is 6.77. The zero-order chi connectivity index (χ0) is 30.6. The van der Waals surface area contributed by atoms with Gasteiger partial charge in [0.25, 0.3) is 0 Å². The number of amides is 1. The SMILES string of the molecule is Cc1ccnc(C(C)C)c1-n1c(=O)nc(N2CCN(C(=O)OC(C)(C)C)[C@H](C(C)(C)C)[C@@H]2C)c2cc(Cl)c(Cl)nc21. The van der Waals surface area contributed by atoms with Gasteiger partial charge in [0, 0.05) is 25.3 Å².